The first-order chi connectivity index (χ1) is 11.7. The summed E-state index contributed by atoms with van der Waals surface area (Å²) in [4.78, 5) is 14.4. The summed E-state index contributed by atoms with van der Waals surface area (Å²) in [6.45, 7) is 2.62. The van der Waals surface area contributed by atoms with E-state index in [1.807, 2.05) is 4.90 Å². The lowest BCUT2D eigenvalue weighted by Gasteiger charge is -2.25. The fourth-order valence-electron chi connectivity index (χ4n) is 3.93. The normalized spacial score (nSPS) is 29.2. The number of rotatable bonds is 4. The quantitative estimate of drug-likeness (QED) is 0.852. The van der Waals surface area contributed by atoms with Crippen LogP contribution in [0.15, 0.2) is 27.2 Å². The monoisotopic (exact) mass is 329 g/mol. The molecule has 0 spiro atoms. The van der Waals surface area contributed by atoms with Gasteiger partial charge in [-0.25, -0.2) is 0 Å². The number of ether oxygens (including phenoxy) is 1. The molecule has 0 bridgehead atoms. The number of nitrogens with zero attached hydrogens (tertiary/aromatic N) is 3. The van der Waals surface area contributed by atoms with Crippen LogP contribution in [0, 0.1) is 11.3 Å². The molecule has 2 aromatic heterocycles. The zero-order chi connectivity index (χ0) is 16.1. The SMILES string of the molecule is O=C(c1ccco1)N1C[C@@H]2COC[C@@]2(Cc2nnc(C3CC3)o2)C1. The van der Waals surface area contributed by atoms with Crippen LogP contribution in [-0.4, -0.2) is 47.3 Å². The van der Waals surface area contributed by atoms with Gasteiger partial charge in [0.15, 0.2) is 5.76 Å². The van der Waals surface area contributed by atoms with Crippen LogP contribution >= 0.6 is 0 Å². The van der Waals surface area contributed by atoms with Crippen molar-refractivity contribution in [1.82, 2.24) is 15.1 Å². The van der Waals surface area contributed by atoms with E-state index >= 15 is 0 Å². The summed E-state index contributed by atoms with van der Waals surface area (Å²) >= 11 is 0. The summed E-state index contributed by atoms with van der Waals surface area (Å²) < 4.78 is 16.8. The number of hydrogen-bond acceptors (Lipinski definition) is 6. The molecular formula is C17H19N3O4. The summed E-state index contributed by atoms with van der Waals surface area (Å²) in [6.07, 6.45) is 4.48. The molecule has 24 heavy (non-hydrogen) atoms. The fraction of sp³-hybridized carbons (Fsp3) is 0.588. The molecule has 3 aliphatic rings. The second-order valence-corrected chi connectivity index (χ2v) is 7.22. The molecule has 1 aliphatic carbocycles. The summed E-state index contributed by atoms with van der Waals surface area (Å²) in [7, 11) is 0. The largest absolute Gasteiger partial charge is 0.459 e. The molecule has 0 unspecified atom stereocenters. The van der Waals surface area contributed by atoms with Crippen molar-refractivity contribution in [3.05, 3.63) is 35.9 Å². The maximum Gasteiger partial charge on any atom is 0.289 e. The van der Waals surface area contributed by atoms with Gasteiger partial charge in [-0.1, -0.05) is 0 Å². The van der Waals surface area contributed by atoms with Crippen molar-refractivity contribution in [1.29, 1.82) is 0 Å². The highest BCUT2D eigenvalue weighted by Crippen LogP contribution is 2.45. The number of hydrogen-bond donors (Lipinski definition) is 0. The molecular weight excluding hydrogens is 310 g/mol. The Morgan fingerprint density at radius 1 is 1.38 bits per heavy atom. The van der Waals surface area contributed by atoms with Crippen LogP contribution in [0.5, 0.6) is 0 Å². The molecule has 1 saturated carbocycles. The van der Waals surface area contributed by atoms with Gasteiger partial charge in [0, 0.05) is 36.8 Å². The number of carbonyl (C=O) groups is 1. The van der Waals surface area contributed by atoms with Crippen LogP contribution in [0.25, 0.3) is 0 Å². The van der Waals surface area contributed by atoms with Crippen molar-refractivity contribution >= 4 is 5.91 Å². The van der Waals surface area contributed by atoms with Crippen LogP contribution in [0.2, 0.25) is 0 Å². The third-order valence-corrected chi connectivity index (χ3v) is 5.45. The van der Waals surface area contributed by atoms with Gasteiger partial charge < -0.3 is 18.5 Å². The van der Waals surface area contributed by atoms with Gasteiger partial charge in [0.2, 0.25) is 11.8 Å². The molecule has 1 amide bonds. The molecule has 0 aromatic carbocycles. The van der Waals surface area contributed by atoms with E-state index in [-0.39, 0.29) is 11.3 Å². The topological polar surface area (TPSA) is 81.6 Å². The van der Waals surface area contributed by atoms with Crippen LogP contribution in [0.3, 0.4) is 0 Å². The highest BCUT2D eigenvalue weighted by Gasteiger charge is 2.53. The van der Waals surface area contributed by atoms with E-state index in [2.05, 4.69) is 10.2 Å². The third kappa shape index (κ3) is 2.26. The van der Waals surface area contributed by atoms with Crippen LogP contribution in [0.4, 0.5) is 0 Å². The first kappa shape index (κ1) is 14.2. The van der Waals surface area contributed by atoms with Crippen LogP contribution < -0.4 is 0 Å². The Kier molecular flexibility index (Phi) is 3.06. The molecule has 0 radical (unpaired) electrons. The van der Waals surface area contributed by atoms with Gasteiger partial charge in [0.25, 0.3) is 5.91 Å². The fourth-order valence-corrected chi connectivity index (χ4v) is 3.93. The van der Waals surface area contributed by atoms with Gasteiger partial charge in [-0.15, -0.1) is 10.2 Å². The molecule has 2 atom stereocenters. The first-order valence-electron chi connectivity index (χ1n) is 8.46. The Balaban J connectivity index is 1.35. The van der Waals surface area contributed by atoms with E-state index in [0.29, 0.717) is 56.2 Å². The van der Waals surface area contributed by atoms with Gasteiger partial charge in [-0.3, -0.25) is 4.79 Å². The average Bonchev–Trinajstić information content (AvgIpc) is 3.01. The summed E-state index contributed by atoms with van der Waals surface area (Å²) in [6, 6.07) is 3.44. The van der Waals surface area contributed by atoms with Crippen molar-refractivity contribution in [2.45, 2.75) is 25.2 Å². The van der Waals surface area contributed by atoms with Gasteiger partial charge in [0.1, 0.15) is 0 Å². The van der Waals surface area contributed by atoms with Crippen LogP contribution in [0.1, 0.15) is 41.1 Å². The minimum absolute atomic E-state index is 0.0574. The second kappa shape index (κ2) is 5.17. The van der Waals surface area contributed by atoms with E-state index in [4.69, 9.17) is 13.6 Å². The van der Waals surface area contributed by atoms with Gasteiger partial charge in [-0.05, 0) is 25.0 Å². The number of carbonyl (C=O) groups excluding carboxylic acids is 1. The Labute approximate surface area is 139 Å². The molecule has 126 valence electrons. The van der Waals surface area contributed by atoms with E-state index in [9.17, 15) is 4.79 Å². The number of aromatic nitrogens is 2. The zero-order valence-electron chi connectivity index (χ0n) is 13.3. The Bertz CT molecular complexity index is 752. The third-order valence-electron chi connectivity index (χ3n) is 5.45. The van der Waals surface area contributed by atoms with Gasteiger partial charge >= 0.3 is 0 Å². The Morgan fingerprint density at radius 2 is 2.29 bits per heavy atom. The number of amides is 1. The predicted octanol–water partition coefficient (Wildman–Crippen LogP) is 1.87. The van der Waals surface area contributed by atoms with Gasteiger partial charge in [0.05, 0.1) is 19.5 Å². The molecule has 2 saturated heterocycles. The molecule has 7 heteroatoms. The van der Waals surface area contributed by atoms with E-state index in [1.165, 1.54) is 6.26 Å². The maximum absolute atomic E-state index is 12.6. The van der Waals surface area contributed by atoms with E-state index in [0.717, 1.165) is 18.7 Å². The maximum atomic E-state index is 12.6. The average molecular weight is 329 g/mol. The molecule has 4 heterocycles. The summed E-state index contributed by atoms with van der Waals surface area (Å²) in [5.41, 5.74) is -0.129. The lowest BCUT2D eigenvalue weighted by molar-refractivity contribution is 0.0684. The van der Waals surface area contributed by atoms with Crippen LogP contribution in [-0.2, 0) is 11.2 Å². The zero-order valence-corrected chi connectivity index (χ0v) is 13.3. The minimum Gasteiger partial charge on any atom is -0.459 e. The predicted molar refractivity (Wildman–Crippen MR) is 81.3 cm³/mol. The van der Waals surface area contributed by atoms with Crippen molar-refractivity contribution < 1.29 is 18.4 Å². The van der Waals surface area contributed by atoms with Crippen molar-refractivity contribution in [3.63, 3.8) is 0 Å². The lowest BCUT2D eigenvalue weighted by Crippen LogP contribution is -2.35. The number of likely N-dealkylation sites (tertiary alicyclic amines) is 1. The highest BCUT2D eigenvalue weighted by molar-refractivity contribution is 5.91. The molecule has 0 N–H and O–H groups in total. The standard InChI is InChI=1S/C17H19N3O4/c21-16(13-2-1-5-23-13)20-7-12-8-22-10-17(12,9-20)6-14-18-19-15(24-14)11-3-4-11/h1-2,5,11-12H,3-4,6-10H2/t12-,17-/m1/s1. The molecule has 7 nitrogen and oxygen atoms in total. The van der Waals surface area contributed by atoms with Gasteiger partial charge in [-0.2, -0.15) is 0 Å². The Hall–Kier alpha value is -2.15. The number of fused-ring (bicyclic) bond motifs is 1. The molecule has 5 rings (SSSR count). The highest BCUT2D eigenvalue weighted by atomic mass is 16.5. The van der Waals surface area contributed by atoms with E-state index < -0.39 is 0 Å². The minimum atomic E-state index is -0.129. The summed E-state index contributed by atoms with van der Waals surface area (Å²) in [5.74, 6) is 2.52. The molecule has 3 fully saturated rings. The number of furan rings is 1. The first-order valence-corrected chi connectivity index (χ1v) is 8.46. The van der Waals surface area contributed by atoms with Crippen molar-refractivity contribution in [2.75, 3.05) is 26.3 Å². The summed E-state index contributed by atoms with van der Waals surface area (Å²) in [5, 5.41) is 8.39. The molecule has 2 aliphatic heterocycles. The van der Waals surface area contributed by atoms with E-state index in [1.54, 1.807) is 12.1 Å². The van der Waals surface area contributed by atoms with Crippen molar-refractivity contribution in [2.24, 2.45) is 11.3 Å². The Morgan fingerprint density at radius 3 is 3.08 bits per heavy atom. The van der Waals surface area contributed by atoms with Crippen molar-refractivity contribution in [3.8, 4) is 0 Å². The lowest BCUT2D eigenvalue weighted by atomic mass is 9.78. The second-order valence-electron chi connectivity index (χ2n) is 7.22. The molecule has 2 aromatic rings. The smallest absolute Gasteiger partial charge is 0.289 e.